The molecule has 0 atom stereocenters. The molecule has 0 spiro atoms. The smallest absolute Gasteiger partial charge is 0.343 e. The third kappa shape index (κ3) is 5.30. The molecule has 148 valence electrons. The van der Waals surface area contributed by atoms with Gasteiger partial charge in [-0.25, -0.2) is 9.59 Å². The predicted molar refractivity (Wildman–Crippen MR) is 110 cm³/mol. The normalized spacial score (nSPS) is 10.4. The highest BCUT2D eigenvalue weighted by Crippen LogP contribution is 2.23. The largest absolute Gasteiger partial charge is 0.465 e. The lowest BCUT2D eigenvalue weighted by Crippen LogP contribution is -2.08. The zero-order valence-corrected chi connectivity index (χ0v) is 16.1. The van der Waals surface area contributed by atoms with Gasteiger partial charge in [0.2, 0.25) is 0 Å². The van der Waals surface area contributed by atoms with Gasteiger partial charge in [-0.1, -0.05) is 36.4 Å². The number of aliphatic hydroxyl groups is 1. The van der Waals surface area contributed by atoms with Crippen molar-refractivity contribution in [1.29, 1.82) is 0 Å². The standard InChI is InChI=1S/C24H22O5/c1-28-23(26)20-10-8-18(9-11-20)19-12-14-22(15-13-19)29-24(27)21-6-4-17(5-7-21)3-2-16-25/h4-15,25H,2-3,16H2,1H3. The molecule has 29 heavy (non-hydrogen) atoms. The lowest BCUT2D eigenvalue weighted by Gasteiger charge is -2.07. The maximum absolute atomic E-state index is 12.3. The molecule has 5 nitrogen and oxygen atoms in total. The van der Waals surface area contributed by atoms with Crippen LogP contribution in [0.2, 0.25) is 0 Å². The van der Waals surface area contributed by atoms with Gasteiger partial charge in [-0.15, -0.1) is 0 Å². The Labute approximate surface area is 169 Å². The molecule has 0 amide bonds. The lowest BCUT2D eigenvalue weighted by molar-refractivity contribution is 0.0600. The summed E-state index contributed by atoms with van der Waals surface area (Å²) in [5.41, 5.74) is 3.91. The van der Waals surface area contributed by atoms with Crippen LogP contribution in [-0.4, -0.2) is 30.8 Å². The Balaban J connectivity index is 1.64. The zero-order valence-electron chi connectivity index (χ0n) is 16.1. The number of ether oxygens (including phenoxy) is 2. The van der Waals surface area contributed by atoms with E-state index in [9.17, 15) is 9.59 Å². The van der Waals surface area contributed by atoms with E-state index in [2.05, 4.69) is 0 Å². The molecular weight excluding hydrogens is 368 g/mol. The van der Waals surface area contributed by atoms with Crippen LogP contribution in [-0.2, 0) is 11.2 Å². The molecule has 0 fully saturated rings. The van der Waals surface area contributed by atoms with Crippen molar-refractivity contribution in [1.82, 2.24) is 0 Å². The van der Waals surface area contributed by atoms with E-state index in [0.717, 1.165) is 23.1 Å². The van der Waals surface area contributed by atoms with Crippen LogP contribution in [0.5, 0.6) is 5.75 Å². The number of rotatable bonds is 7. The van der Waals surface area contributed by atoms with Crippen LogP contribution in [0.3, 0.4) is 0 Å². The van der Waals surface area contributed by atoms with Crippen molar-refractivity contribution < 1.29 is 24.2 Å². The summed E-state index contributed by atoms with van der Waals surface area (Å²) in [5, 5.41) is 8.88. The van der Waals surface area contributed by atoms with E-state index in [-0.39, 0.29) is 12.6 Å². The second-order valence-corrected chi connectivity index (χ2v) is 6.51. The van der Waals surface area contributed by atoms with E-state index in [1.807, 2.05) is 36.4 Å². The summed E-state index contributed by atoms with van der Waals surface area (Å²) in [7, 11) is 1.35. The van der Waals surface area contributed by atoms with E-state index in [4.69, 9.17) is 14.6 Å². The minimum atomic E-state index is -0.422. The highest BCUT2D eigenvalue weighted by atomic mass is 16.5. The number of benzene rings is 3. The van der Waals surface area contributed by atoms with Gasteiger partial charge in [-0.3, -0.25) is 0 Å². The van der Waals surface area contributed by atoms with Crippen molar-refractivity contribution in [2.45, 2.75) is 12.8 Å². The number of hydrogen-bond donors (Lipinski definition) is 1. The average Bonchev–Trinajstić information content (AvgIpc) is 2.78. The molecule has 0 saturated heterocycles. The maximum Gasteiger partial charge on any atom is 0.343 e. The molecule has 1 N–H and O–H groups in total. The van der Waals surface area contributed by atoms with Crippen LogP contribution >= 0.6 is 0 Å². The van der Waals surface area contributed by atoms with Crippen molar-refractivity contribution in [2.24, 2.45) is 0 Å². The van der Waals surface area contributed by atoms with E-state index in [0.29, 0.717) is 23.3 Å². The molecule has 0 aliphatic carbocycles. The zero-order chi connectivity index (χ0) is 20.6. The van der Waals surface area contributed by atoms with Crippen LogP contribution in [0, 0.1) is 0 Å². The molecule has 3 aromatic rings. The van der Waals surface area contributed by atoms with Gasteiger partial charge in [-0.05, 0) is 65.9 Å². The van der Waals surface area contributed by atoms with Gasteiger partial charge >= 0.3 is 11.9 Å². The van der Waals surface area contributed by atoms with Crippen molar-refractivity contribution in [2.75, 3.05) is 13.7 Å². The van der Waals surface area contributed by atoms with Gasteiger partial charge < -0.3 is 14.6 Å². The van der Waals surface area contributed by atoms with E-state index in [1.54, 1.807) is 36.4 Å². The monoisotopic (exact) mass is 390 g/mol. The highest BCUT2D eigenvalue weighted by molar-refractivity contribution is 5.91. The molecule has 0 aliphatic rings. The number of aliphatic hydroxyl groups excluding tert-OH is 1. The third-order valence-corrected chi connectivity index (χ3v) is 4.52. The Bertz CT molecular complexity index is 958. The predicted octanol–water partition coefficient (Wildman–Crippen LogP) is 4.28. The summed E-state index contributed by atoms with van der Waals surface area (Å²) < 4.78 is 10.1. The number of hydrogen-bond acceptors (Lipinski definition) is 5. The van der Waals surface area contributed by atoms with Crippen molar-refractivity contribution in [3.05, 3.63) is 89.5 Å². The first-order valence-corrected chi connectivity index (χ1v) is 9.31. The first-order chi connectivity index (χ1) is 14.1. The van der Waals surface area contributed by atoms with Gasteiger partial charge in [0.1, 0.15) is 5.75 Å². The topological polar surface area (TPSA) is 72.8 Å². The van der Waals surface area contributed by atoms with Crippen molar-refractivity contribution in [3.63, 3.8) is 0 Å². The van der Waals surface area contributed by atoms with E-state index < -0.39 is 5.97 Å². The molecule has 0 aromatic heterocycles. The van der Waals surface area contributed by atoms with Crippen LogP contribution in [0.25, 0.3) is 11.1 Å². The molecule has 0 heterocycles. The van der Waals surface area contributed by atoms with E-state index >= 15 is 0 Å². The average molecular weight is 390 g/mol. The Morgan fingerprint density at radius 2 is 1.28 bits per heavy atom. The molecular formula is C24H22O5. The number of methoxy groups -OCH3 is 1. The van der Waals surface area contributed by atoms with Gasteiger partial charge in [-0.2, -0.15) is 0 Å². The summed E-state index contributed by atoms with van der Waals surface area (Å²) in [6, 6.07) is 21.5. The second kappa shape index (κ2) is 9.66. The minimum Gasteiger partial charge on any atom is -0.465 e. The van der Waals surface area contributed by atoms with Gasteiger partial charge in [0.05, 0.1) is 18.2 Å². The van der Waals surface area contributed by atoms with Gasteiger partial charge in [0.15, 0.2) is 0 Å². The highest BCUT2D eigenvalue weighted by Gasteiger charge is 2.09. The number of aryl methyl sites for hydroxylation is 1. The summed E-state index contributed by atoms with van der Waals surface area (Å²) in [6.07, 6.45) is 1.47. The molecule has 3 aromatic carbocycles. The second-order valence-electron chi connectivity index (χ2n) is 6.51. The number of esters is 2. The lowest BCUT2D eigenvalue weighted by atomic mass is 10.0. The van der Waals surface area contributed by atoms with Crippen molar-refractivity contribution in [3.8, 4) is 16.9 Å². The number of carbonyl (C=O) groups excluding carboxylic acids is 2. The molecule has 0 bridgehead atoms. The third-order valence-electron chi connectivity index (χ3n) is 4.52. The Kier molecular flexibility index (Phi) is 6.76. The van der Waals surface area contributed by atoms with Crippen LogP contribution in [0.1, 0.15) is 32.7 Å². The van der Waals surface area contributed by atoms with E-state index in [1.165, 1.54) is 7.11 Å². The molecule has 0 radical (unpaired) electrons. The first-order valence-electron chi connectivity index (χ1n) is 9.31. The fraction of sp³-hybridized carbons (Fsp3) is 0.167. The van der Waals surface area contributed by atoms with Crippen LogP contribution in [0.4, 0.5) is 0 Å². The summed E-state index contributed by atoms with van der Waals surface area (Å²) in [4.78, 5) is 23.8. The molecule has 3 rings (SSSR count). The first kappa shape index (κ1) is 20.3. The minimum absolute atomic E-state index is 0.148. The molecule has 0 saturated carbocycles. The SMILES string of the molecule is COC(=O)c1ccc(-c2ccc(OC(=O)c3ccc(CCCO)cc3)cc2)cc1. The summed E-state index contributed by atoms with van der Waals surface area (Å²) >= 11 is 0. The number of carbonyl (C=O) groups is 2. The van der Waals surface area contributed by atoms with Gasteiger partial charge in [0.25, 0.3) is 0 Å². The Hall–Kier alpha value is -3.44. The summed E-state index contributed by atoms with van der Waals surface area (Å²) in [5.74, 6) is -0.344. The van der Waals surface area contributed by atoms with Crippen LogP contribution < -0.4 is 4.74 Å². The Morgan fingerprint density at radius 3 is 1.83 bits per heavy atom. The van der Waals surface area contributed by atoms with Crippen molar-refractivity contribution >= 4 is 11.9 Å². The fourth-order valence-corrected chi connectivity index (χ4v) is 2.89. The molecule has 0 aliphatic heterocycles. The quantitative estimate of drug-likeness (QED) is 0.481. The maximum atomic E-state index is 12.3. The van der Waals surface area contributed by atoms with Crippen LogP contribution in [0.15, 0.2) is 72.8 Å². The molecule has 0 unspecified atom stereocenters. The Morgan fingerprint density at radius 1 is 0.759 bits per heavy atom. The fourth-order valence-electron chi connectivity index (χ4n) is 2.89. The van der Waals surface area contributed by atoms with Gasteiger partial charge in [0, 0.05) is 6.61 Å². The molecule has 5 heteroatoms. The summed E-state index contributed by atoms with van der Waals surface area (Å²) in [6.45, 7) is 0.148.